The Bertz CT molecular complexity index is 542. The Kier molecular flexibility index (Phi) is 5.08. The van der Waals surface area contributed by atoms with Crippen LogP contribution >= 0.6 is 0 Å². The average Bonchev–Trinajstić information content (AvgIpc) is 2.36. The Hall–Kier alpha value is -2.57. The van der Waals surface area contributed by atoms with Crippen LogP contribution in [0.25, 0.3) is 0 Å². The quantitative estimate of drug-likeness (QED) is 0.723. The molecule has 0 aliphatic carbocycles. The van der Waals surface area contributed by atoms with Gasteiger partial charge in [0, 0.05) is 0 Å². The maximum absolute atomic E-state index is 11.7. The molecular weight excluding hydrogens is 264 g/mol. The van der Waals surface area contributed by atoms with Crippen LogP contribution in [0, 0.1) is 6.92 Å². The Balaban J connectivity index is 2.84. The first-order chi connectivity index (χ1) is 9.36. The van der Waals surface area contributed by atoms with Crippen LogP contribution < -0.4 is 10.6 Å². The largest absolute Gasteiger partial charge is 0.478 e. The van der Waals surface area contributed by atoms with Gasteiger partial charge in [-0.15, -0.1) is 0 Å². The van der Waals surface area contributed by atoms with Gasteiger partial charge in [-0.2, -0.15) is 0 Å². The van der Waals surface area contributed by atoms with E-state index in [-0.39, 0.29) is 11.3 Å². The van der Waals surface area contributed by atoms with Gasteiger partial charge in [0.15, 0.2) is 0 Å². The monoisotopic (exact) mass is 280 g/mol. The number of carbonyl (C=O) groups is 3. The lowest BCUT2D eigenvalue weighted by Gasteiger charge is -2.14. The normalized spacial score (nSPS) is 11.3. The molecule has 0 heterocycles. The van der Waals surface area contributed by atoms with E-state index in [4.69, 9.17) is 5.11 Å². The van der Waals surface area contributed by atoms with Crippen molar-refractivity contribution in [2.24, 2.45) is 0 Å². The molecule has 1 aromatic rings. The molecule has 0 spiro atoms. The molecule has 7 heteroatoms. The topological polar surface area (TPSA) is 105 Å². The lowest BCUT2D eigenvalue weighted by Crippen LogP contribution is -2.41. The molecule has 2 amide bonds. The van der Waals surface area contributed by atoms with E-state index < -0.39 is 24.0 Å². The molecule has 0 saturated carbocycles. The van der Waals surface area contributed by atoms with Gasteiger partial charge in [0.2, 0.25) is 0 Å². The van der Waals surface area contributed by atoms with Crippen LogP contribution in [0.2, 0.25) is 0 Å². The number of benzene rings is 1. The van der Waals surface area contributed by atoms with Crippen molar-refractivity contribution in [3.8, 4) is 0 Å². The van der Waals surface area contributed by atoms with E-state index in [1.165, 1.54) is 20.1 Å². The number of nitrogens with one attached hydrogen (secondary N) is 2. The van der Waals surface area contributed by atoms with Crippen molar-refractivity contribution in [1.82, 2.24) is 5.32 Å². The highest BCUT2D eigenvalue weighted by molar-refractivity contribution is 6.01. The Labute approximate surface area is 115 Å². The number of carboxylic acid groups (broad SMARTS) is 1. The minimum absolute atomic E-state index is 0.00775. The third-order valence-corrected chi connectivity index (χ3v) is 2.64. The summed E-state index contributed by atoms with van der Waals surface area (Å²) in [6.45, 7) is 3.09. The number of rotatable bonds is 4. The van der Waals surface area contributed by atoms with Gasteiger partial charge in [0.25, 0.3) is 0 Å². The fourth-order valence-electron chi connectivity index (χ4n) is 1.65. The van der Waals surface area contributed by atoms with Gasteiger partial charge in [-0.3, -0.25) is 0 Å². The lowest BCUT2D eigenvalue weighted by atomic mass is 10.1. The van der Waals surface area contributed by atoms with Gasteiger partial charge in [0.05, 0.1) is 18.4 Å². The molecule has 0 radical (unpaired) electrons. The summed E-state index contributed by atoms with van der Waals surface area (Å²) in [4.78, 5) is 34.0. The smallest absolute Gasteiger partial charge is 0.338 e. The predicted octanol–water partition coefficient (Wildman–Crippen LogP) is 1.38. The summed E-state index contributed by atoms with van der Waals surface area (Å²) >= 11 is 0. The number of aryl methyl sites for hydroxylation is 1. The van der Waals surface area contributed by atoms with Crippen LogP contribution in [0.4, 0.5) is 10.5 Å². The van der Waals surface area contributed by atoms with Crippen molar-refractivity contribution in [2.75, 3.05) is 12.4 Å². The van der Waals surface area contributed by atoms with Gasteiger partial charge in [-0.05, 0) is 25.5 Å². The standard InChI is InChI=1S/C13H16N2O5/c1-7-5-4-6-9(10(7)11(16)17)15-13(19)14-8(2)12(18)20-3/h4-6,8H,1-3H3,(H,16,17)(H2,14,15,19). The van der Waals surface area contributed by atoms with Crippen molar-refractivity contribution in [3.63, 3.8) is 0 Å². The first-order valence-corrected chi connectivity index (χ1v) is 5.85. The summed E-state index contributed by atoms with van der Waals surface area (Å²) in [5.41, 5.74) is 0.691. The number of urea groups is 1. The average molecular weight is 280 g/mol. The highest BCUT2D eigenvalue weighted by atomic mass is 16.5. The van der Waals surface area contributed by atoms with E-state index in [2.05, 4.69) is 15.4 Å². The van der Waals surface area contributed by atoms with E-state index in [9.17, 15) is 14.4 Å². The predicted molar refractivity (Wildman–Crippen MR) is 71.8 cm³/mol. The van der Waals surface area contributed by atoms with Crippen molar-refractivity contribution in [2.45, 2.75) is 19.9 Å². The first kappa shape index (κ1) is 15.5. The highest BCUT2D eigenvalue weighted by Crippen LogP contribution is 2.19. The van der Waals surface area contributed by atoms with Crippen molar-refractivity contribution < 1.29 is 24.2 Å². The number of anilines is 1. The number of esters is 1. The maximum Gasteiger partial charge on any atom is 0.338 e. The number of methoxy groups -OCH3 is 1. The SMILES string of the molecule is COC(=O)C(C)NC(=O)Nc1cccc(C)c1C(=O)O. The highest BCUT2D eigenvalue weighted by Gasteiger charge is 2.18. The number of hydrogen-bond acceptors (Lipinski definition) is 4. The number of carbonyl (C=O) groups excluding carboxylic acids is 2. The van der Waals surface area contributed by atoms with E-state index in [1.807, 2.05) is 0 Å². The molecule has 108 valence electrons. The van der Waals surface area contributed by atoms with Crippen molar-refractivity contribution in [3.05, 3.63) is 29.3 Å². The van der Waals surface area contributed by atoms with Gasteiger partial charge >= 0.3 is 18.0 Å². The van der Waals surface area contributed by atoms with E-state index >= 15 is 0 Å². The number of hydrogen-bond donors (Lipinski definition) is 3. The van der Waals surface area contributed by atoms with Crippen LogP contribution in [0.1, 0.15) is 22.8 Å². The van der Waals surface area contributed by atoms with Crippen LogP contribution in [0.5, 0.6) is 0 Å². The van der Waals surface area contributed by atoms with Crippen molar-refractivity contribution in [1.29, 1.82) is 0 Å². The molecule has 0 aliphatic heterocycles. The number of carboxylic acids is 1. The molecule has 1 atom stereocenters. The van der Waals surface area contributed by atoms with Crippen molar-refractivity contribution >= 4 is 23.7 Å². The Morgan fingerprint density at radius 2 is 1.95 bits per heavy atom. The van der Waals surface area contributed by atoms with E-state index in [0.717, 1.165) is 0 Å². The Morgan fingerprint density at radius 3 is 2.50 bits per heavy atom. The molecule has 0 fully saturated rings. The molecule has 20 heavy (non-hydrogen) atoms. The Morgan fingerprint density at radius 1 is 1.30 bits per heavy atom. The lowest BCUT2D eigenvalue weighted by molar-refractivity contribution is -0.142. The third kappa shape index (κ3) is 3.71. The summed E-state index contributed by atoms with van der Waals surface area (Å²) in [6, 6.07) is 3.21. The fraction of sp³-hybridized carbons (Fsp3) is 0.308. The van der Waals surface area contributed by atoms with Gasteiger partial charge in [-0.25, -0.2) is 14.4 Å². The summed E-state index contributed by atoms with van der Waals surface area (Å²) in [7, 11) is 1.21. The van der Waals surface area contributed by atoms with Crippen LogP contribution in [-0.4, -0.2) is 36.2 Å². The molecule has 0 bridgehead atoms. The zero-order valence-electron chi connectivity index (χ0n) is 11.4. The van der Waals surface area contributed by atoms with Gasteiger partial charge in [0.1, 0.15) is 6.04 Å². The summed E-state index contributed by atoms with van der Waals surface area (Å²) < 4.78 is 4.47. The number of ether oxygens (including phenoxy) is 1. The second-order valence-corrected chi connectivity index (χ2v) is 4.15. The summed E-state index contributed by atoms with van der Waals surface area (Å²) in [6.07, 6.45) is 0. The molecule has 0 aliphatic rings. The van der Waals surface area contributed by atoms with E-state index in [0.29, 0.717) is 5.56 Å². The minimum atomic E-state index is -1.14. The molecular formula is C13H16N2O5. The van der Waals surface area contributed by atoms with Gasteiger partial charge in [-0.1, -0.05) is 12.1 Å². The number of amides is 2. The van der Waals surface area contributed by atoms with E-state index in [1.54, 1.807) is 19.1 Å². The second kappa shape index (κ2) is 6.55. The van der Waals surface area contributed by atoms with Gasteiger partial charge < -0.3 is 20.5 Å². The third-order valence-electron chi connectivity index (χ3n) is 2.64. The summed E-state index contributed by atoms with van der Waals surface area (Å²) in [5.74, 6) is -1.73. The van der Waals surface area contributed by atoms with Crippen LogP contribution in [-0.2, 0) is 9.53 Å². The van der Waals surface area contributed by atoms with Crippen LogP contribution in [0.3, 0.4) is 0 Å². The zero-order chi connectivity index (χ0) is 15.3. The second-order valence-electron chi connectivity index (χ2n) is 4.15. The number of aromatic carboxylic acids is 1. The molecule has 0 aromatic heterocycles. The fourth-order valence-corrected chi connectivity index (χ4v) is 1.65. The van der Waals surface area contributed by atoms with Crippen LogP contribution in [0.15, 0.2) is 18.2 Å². The maximum atomic E-state index is 11.7. The molecule has 1 unspecified atom stereocenters. The molecule has 7 nitrogen and oxygen atoms in total. The first-order valence-electron chi connectivity index (χ1n) is 5.85. The minimum Gasteiger partial charge on any atom is -0.478 e. The zero-order valence-corrected chi connectivity index (χ0v) is 11.4. The molecule has 0 saturated heterocycles. The molecule has 1 rings (SSSR count). The molecule has 3 N–H and O–H groups in total. The summed E-state index contributed by atoms with van der Waals surface area (Å²) in [5, 5.41) is 13.9. The molecule has 1 aromatic carbocycles.